The Hall–Kier alpha value is -2.66. The quantitative estimate of drug-likeness (QED) is 0.385. The van der Waals surface area contributed by atoms with Crippen molar-refractivity contribution in [2.75, 3.05) is 39.3 Å². The van der Waals surface area contributed by atoms with Crippen LogP contribution in [-0.4, -0.2) is 71.8 Å². The first-order chi connectivity index (χ1) is 19.1. The summed E-state index contributed by atoms with van der Waals surface area (Å²) < 4.78 is 0. The number of ketones is 1. The molecular weight excluding hydrogens is 482 g/mol. The van der Waals surface area contributed by atoms with E-state index in [2.05, 4.69) is 59.2 Å². The van der Waals surface area contributed by atoms with Crippen molar-refractivity contribution in [3.63, 3.8) is 0 Å². The van der Waals surface area contributed by atoms with Gasteiger partial charge in [0.25, 0.3) is 0 Å². The highest BCUT2D eigenvalue weighted by Crippen LogP contribution is 2.39. The van der Waals surface area contributed by atoms with Crippen molar-refractivity contribution < 1.29 is 9.59 Å². The fourth-order valence-corrected chi connectivity index (χ4v) is 7.23. The maximum atomic E-state index is 13.9. The Morgan fingerprint density at radius 1 is 0.795 bits per heavy atom. The summed E-state index contributed by atoms with van der Waals surface area (Å²) in [5.74, 6) is 0.800. The molecule has 3 aliphatic heterocycles. The molecule has 2 aromatic rings. The summed E-state index contributed by atoms with van der Waals surface area (Å²) in [5.41, 5.74) is 1.99. The molecule has 0 aromatic heterocycles. The molecule has 3 saturated heterocycles. The third-order valence-electron chi connectivity index (χ3n) is 9.80. The van der Waals surface area contributed by atoms with Crippen LogP contribution in [0.5, 0.6) is 0 Å². The van der Waals surface area contributed by atoms with Gasteiger partial charge in [0.15, 0.2) is 0 Å². The predicted octanol–water partition coefficient (Wildman–Crippen LogP) is 6.63. The van der Waals surface area contributed by atoms with E-state index in [-0.39, 0.29) is 6.03 Å². The predicted molar refractivity (Wildman–Crippen MR) is 158 cm³/mol. The lowest BCUT2D eigenvalue weighted by Gasteiger charge is -2.44. The average molecular weight is 530 g/mol. The summed E-state index contributed by atoms with van der Waals surface area (Å²) in [6.07, 6.45) is 10.1. The Morgan fingerprint density at radius 2 is 1.38 bits per heavy atom. The zero-order valence-corrected chi connectivity index (χ0v) is 23.9. The van der Waals surface area contributed by atoms with Gasteiger partial charge in [0, 0.05) is 38.6 Å². The topological polar surface area (TPSA) is 43.9 Å². The molecule has 0 radical (unpaired) electrons. The van der Waals surface area contributed by atoms with E-state index in [1.54, 1.807) is 0 Å². The molecule has 0 aliphatic carbocycles. The first-order valence-electron chi connectivity index (χ1n) is 15.5. The number of amides is 2. The highest BCUT2D eigenvalue weighted by molar-refractivity contribution is 5.90. The number of hydrogen-bond donors (Lipinski definition) is 0. The zero-order valence-electron chi connectivity index (χ0n) is 23.9. The molecule has 3 heterocycles. The van der Waals surface area contributed by atoms with Gasteiger partial charge in [-0.15, -0.1) is 0 Å². The molecule has 1 atom stereocenters. The molecule has 2 aromatic carbocycles. The number of benzene rings is 2. The molecule has 0 N–H and O–H groups in total. The van der Waals surface area contributed by atoms with Crippen molar-refractivity contribution in [2.45, 2.75) is 88.5 Å². The largest absolute Gasteiger partial charge is 0.325 e. The Labute approximate surface area is 235 Å². The number of carbonyl (C=O) groups excluding carboxylic acids is 2. The van der Waals surface area contributed by atoms with Crippen molar-refractivity contribution in [3.05, 3.63) is 71.8 Å². The van der Waals surface area contributed by atoms with Gasteiger partial charge in [-0.05, 0) is 81.5 Å². The highest BCUT2D eigenvalue weighted by atomic mass is 16.2. The van der Waals surface area contributed by atoms with Crippen LogP contribution in [0.4, 0.5) is 4.79 Å². The number of hydrogen-bond acceptors (Lipinski definition) is 3. The Kier molecular flexibility index (Phi) is 9.39. The fraction of sp³-hybridized carbons (Fsp3) is 0.588. The molecule has 3 fully saturated rings. The van der Waals surface area contributed by atoms with Crippen LogP contribution < -0.4 is 0 Å². The number of likely N-dealkylation sites (tertiary alicyclic amines) is 3. The van der Waals surface area contributed by atoms with Crippen LogP contribution in [-0.2, 0) is 10.2 Å². The van der Waals surface area contributed by atoms with E-state index in [1.165, 1.54) is 37.9 Å². The lowest BCUT2D eigenvalue weighted by Crippen LogP contribution is -2.55. The summed E-state index contributed by atoms with van der Waals surface area (Å²) in [5, 5.41) is 0. The van der Waals surface area contributed by atoms with Gasteiger partial charge >= 0.3 is 6.03 Å². The van der Waals surface area contributed by atoms with Gasteiger partial charge in [0.1, 0.15) is 5.78 Å². The molecule has 3 aliphatic rings. The van der Waals surface area contributed by atoms with Gasteiger partial charge in [-0.1, -0.05) is 74.0 Å². The smallest absolute Gasteiger partial charge is 0.320 e. The average Bonchev–Trinajstić information content (AvgIpc) is 3.02. The van der Waals surface area contributed by atoms with Crippen molar-refractivity contribution in [2.24, 2.45) is 0 Å². The number of carbonyl (C=O) groups is 2. The van der Waals surface area contributed by atoms with Gasteiger partial charge in [-0.25, -0.2) is 4.79 Å². The van der Waals surface area contributed by atoms with Crippen LogP contribution in [0.1, 0.15) is 88.2 Å². The second-order valence-corrected chi connectivity index (χ2v) is 12.2. The minimum atomic E-state index is -0.477. The van der Waals surface area contributed by atoms with Crippen LogP contribution in [0.15, 0.2) is 60.7 Å². The summed E-state index contributed by atoms with van der Waals surface area (Å²) in [6, 6.07) is 21.8. The first-order valence-corrected chi connectivity index (χ1v) is 15.5. The Morgan fingerprint density at radius 3 is 2.03 bits per heavy atom. The molecule has 1 unspecified atom stereocenters. The van der Waals surface area contributed by atoms with Gasteiger partial charge in [0.05, 0.1) is 5.41 Å². The monoisotopic (exact) mass is 529 g/mol. The Balaban J connectivity index is 1.17. The van der Waals surface area contributed by atoms with Crippen LogP contribution in [0.25, 0.3) is 0 Å². The van der Waals surface area contributed by atoms with Crippen LogP contribution in [0.2, 0.25) is 0 Å². The number of rotatable bonds is 8. The normalized spacial score (nSPS) is 21.5. The Bertz CT molecular complexity index is 1050. The molecule has 0 bridgehead atoms. The van der Waals surface area contributed by atoms with Gasteiger partial charge in [0.2, 0.25) is 0 Å². The molecule has 0 spiro atoms. The summed E-state index contributed by atoms with van der Waals surface area (Å²) >= 11 is 0. The molecule has 2 amide bonds. The van der Waals surface area contributed by atoms with E-state index >= 15 is 0 Å². The van der Waals surface area contributed by atoms with E-state index in [9.17, 15) is 9.59 Å². The lowest BCUT2D eigenvalue weighted by atomic mass is 9.68. The van der Waals surface area contributed by atoms with Crippen LogP contribution in [0.3, 0.4) is 0 Å². The van der Waals surface area contributed by atoms with Crippen molar-refractivity contribution in [1.82, 2.24) is 14.7 Å². The van der Waals surface area contributed by atoms with Crippen molar-refractivity contribution >= 4 is 11.8 Å². The second kappa shape index (κ2) is 13.1. The maximum Gasteiger partial charge on any atom is 0.320 e. The highest BCUT2D eigenvalue weighted by Gasteiger charge is 2.43. The van der Waals surface area contributed by atoms with Crippen LogP contribution in [0, 0.1) is 0 Å². The summed E-state index contributed by atoms with van der Waals surface area (Å²) in [4.78, 5) is 34.1. The summed E-state index contributed by atoms with van der Waals surface area (Å²) in [6.45, 7) is 7.75. The lowest BCUT2D eigenvalue weighted by molar-refractivity contribution is -0.126. The van der Waals surface area contributed by atoms with Gasteiger partial charge in [-0.3, -0.25) is 4.79 Å². The number of nitrogens with zero attached hydrogens (tertiary/aromatic N) is 3. The van der Waals surface area contributed by atoms with Crippen LogP contribution >= 0.6 is 0 Å². The molecule has 39 heavy (non-hydrogen) atoms. The SMILES string of the molecule is CC(CCCC(=O)C1(c2ccccc2)CCN(C(=O)N2CCC(N3CCCCC3)CC2)CC1)c1ccccc1. The van der Waals surface area contributed by atoms with Gasteiger partial charge < -0.3 is 14.7 Å². The number of Topliss-reactive ketones (excluding diaryl/α,β-unsaturated/α-hetero) is 1. The van der Waals surface area contributed by atoms with E-state index in [4.69, 9.17) is 0 Å². The van der Waals surface area contributed by atoms with E-state index in [0.717, 1.165) is 57.2 Å². The zero-order chi connectivity index (χ0) is 27.1. The van der Waals surface area contributed by atoms with E-state index in [1.807, 2.05) is 23.1 Å². The van der Waals surface area contributed by atoms with E-state index < -0.39 is 5.41 Å². The first kappa shape index (κ1) is 27.9. The number of piperidine rings is 3. The minimum Gasteiger partial charge on any atom is -0.325 e. The standard InChI is InChI=1S/C34H47N3O2/c1-28(29-13-5-2-6-14-29)12-11-17-32(38)34(30-15-7-3-8-16-30)20-26-37(27-21-34)33(39)36-24-18-31(19-25-36)35-22-9-4-10-23-35/h2-3,5-8,13-16,28,31H,4,9-12,17-27H2,1H3. The molecular formula is C34H47N3O2. The molecule has 5 heteroatoms. The van der Waals surface area contributed by atoms with Crippen molar-refractivity contribution in [1.29, 1.82) is 0 Å². The van der Waals surface area contributed by atoms with Crippen molar-refractivity contribution in [3.8, 4) is 0 Å². The molecule has 5 nitrogen and oxygen atoms in total. The number of urea groups is 1. The molecule has 5 rings (SSSR count). The third kappa shape index (κ3) is 6.57. The summed E-state index contributed by atoms with van der Waals surface area (Å²) in [7, 11) is 0. The third-order valence-corrected chi connectivity index (χ3v) is 9.80. The molecule has 210 valence electrons. The maximum absolute atomic E-state index is 13.9. The second-order valence-electron chi connectivity index (χ2n) is 12.2. The molecule has 0 saturated carbocycles. The van der Waals surface area contributed by atoms with E-state index in [0.29, 0.717) is 37.3 Å². The van der Waals surface area contributed by atoms with Gasteiger partial charge in [-0.2, -0.15) is 0 Å². The minimum absolute atomic E-state index is 0.179. The fourth-order valence-electron chi connectivity index (χ4n) is 7.23.